The number of hydrogen-bond donors (Lipinski definition) is 2. The lowest BCUT2D eigenvalue weighted by molar-refractivity contribution is -0.117. The smallest absolute Gasteiger partial charge is 0.321 e. The van der Waals surface area contributed by atoms with Gasteiger partial charge in [0.15, 0.2) is 0 Å². The zero-order chi connectivity index (χ0) is 20.6. The molecule has 0 saturated heterocycles. The van der Waals surface area contributed by atoms with Crippen LogP contribution in [0, 0.1) is 5.92 Å². The minimum atomic E-state index is -0.448. The molecule has 1 aromatic heterocycles. The van der Waals surface area contributed by atoms with Crippen LogP contribution in [0.15, 0.2) is 29.4 Å². The Balaban J connectivity index is 1.55. The maximum atomic E-state index is 12.2. The van der Waals surface area contributed by atoms with Crippen LogP contribution in [0.1, 0.15) is 39.5 Å². The van der Waals surface area contributed by atoms with Gasteiger partial charge in [0.2, 0.25) is 11.1 Å². The number of para-hydroxylation sites is 2. The minimum Gasteiger partial charge on any atom is -0.492 e. The Morgan fingerprint density at radius 1 is 1.28 bits per heavy atom. The SMILES string of the molecule is CCOc1ccccc1-n1nnnc1SCC(=O)NC(=O)N[C@@H]1CCCC[C@H]1C. The molecule has 0 bridgehead atoms. The first kappa shape index (κ1) is 21.1. The number of carbonyl (C=O) groups excluding carboxylic acids is 2. The van der Waals surface area contributed by atoms with E-state index in [2.05, 4.69) is 33.1 Å². The van der Waals surface area contributed by atoms with Crippen LogP contribution in [-0.2, 0) is 4.79 Å². The molecule has 2 atom stereocenters. The Kier molecular flexibility index (Phi) is 7.45. The van der Waals surface area contributed by atoms with Gasteiger partial charge in [-0.15, -0.1) is 5.10 Å². The zero-order valence-electron chi connectivity index (χ0n) is 16.6. The number of thioether (sulfide) groups is 1. The van der Waals surface area contributed by atoms with E-state index in [9.17, 15) is 9.59 Å². The molecule has 156 valence electrons. The standard InChI is InChI=1S/C19H26N6O3S/c1-3-28-16-11-7-6-10-15(16)25-19(22-23-24-25)29-12-17(26)21-18(27)20-14-9-5-4-8-13(14)2/h6-7,10-11,13-14H,3-5,8-9,12H2,1-2H3,(H2,20,21,26,27)/t13-,14-/m1/s1. The maximum Gasteiger partial charge on any atom is 0.321 e. The molecule has 3 amide bonds. The summed E-state index contributed by atoms with van der Waals surface area (Å²) >= 11 is 1.15. The number of rotatable bonds is 7. The normalized spacial score (nSPS) is 18.8. The van der Waals surface area contributed by atoms with Gasteiger partial charge in [-0.1, -0.05) is 43.7 Å². The highest BCUT2D eigenvalue weighted by Gasteiger charge is 2.23. The average molecular weight is 419 g/mol. The van der Waals surface area contributed by atoms with Crippen LogP contribution >= 0.6 is 11.8 Å². The summed E-state index contributed by atoms with van der Waals surface area (Å²) in [7, 11) is 0. The first-order valence-corrected chi connectivity index (χ1v) is 10.8. The van der Waals surface area contributed by atoms with Gasteiger partial charge < -0.3 is 10.1 Å². The summed E-state index contributed by atoms with van der Waals surface area (Å²) in [5, 5.41) is 17.4. The molecule has 0 aliphatic heterocycles. The van der Waals surface area contributed by atoms with Gasteiger partial charge in [-0.2, -0.15) is 4.68 Å². The predicted molar refractivity (Wildman–Crippen MR) is 109 cm³/mol. The molecular formula is C19H26N6O3S. The summed E-state index contributed by atoms with van der Waals surface area (Å²) in [5.41, 5.74) is 0.686. The van der Waals surface area contributed by atoms with Crippen molar-refractivity contribution in [3.8, 4) is 11.4 Å². The maximum absolute atomic E-state index is 12.2. The zero-order valence-corrected chi connectivity index (χ0v) is 17.4. The molecule has 0 spiro atoms. The van der Waals surface area contributed by atoms with E-state index in [4.69, 9.17) is 4.74 Å². The number of aromatic nitrogens is 4. The first-order valence-electron chi connectivity index (χ1n) is 9.82. The molecule has 1 heterocycles. The minimum absolute atomic E-state index is 0.0187. The van der Waals surface area contributed by atoms with E-state index < -0.39 is 11.9 Å². The van der Waals surface area contributed by atoms with Crippen LogP contribution in [0.5, 0.6) is 5.75 Å². The van der Waals surface area contributed by atoms with Gasteiger partial charge in [0.25, 0.3) is 0 Å². The number of benzene rings is 1. The van der Waals surface area contributed by atoms with Gasteiger partial charge in [0.05, 0.1) is 12.4 Å². The van der Waals surface area contributed by atoms with E-state index in [1.807, 2.05) is 31.2 Å². The third-order valence-corrected chi connectivity index (χ3v) is 5.77. The molecule has 1 aliphatic rings. The highest BCUT2D eigenvalue weighted by molar-refractivity contribution is 7.99. The number of carbonyl (C=O) groups is 2. The molecule has 1 saturated carbocycles. The third-order valence-electron chi connectivity index (χ3n) is 4.85. The van der Waals surface area contributed by atoms with E-state index in [0.717, 1.165) is 31.0 Å². The molecular weight excluding hydrogens is 392 g/mol. The summed E-state index contributed by atoms with van der Waals surface area (Å²) in [6.07, 6.45) is 4.34. The molecule has 1 aromatic carbocycles. The summed E-state index contributed by atoms with van der Waals surface area (Å²) < 4.78 is 7.14. The van der Waals surface area contributed by atoms with Crippen LogP contribution < -0.4 is 15.4 Å². The largest absolute Gasteiger partial charge is 0.492 e. The van der Waals surface area contributed by atoms with E-state index in [1.165, 1.54) is 11.1 Å². The van der Waals surface area contributed by atoms with Crippen molar-refractivity contribution in [1.82, 2.24) is 30.8 Å². The molecule has 1 aliphatic carbocycles. The lowest BCUT2D eigenvalue weighted by Crippen LogP contribution is -2.48. The van der Waals surface area contributed by atoms with E-state index in [-0.39, 0.29) is 11.8 Å². The lowest BCUT2D eigenvalue weighted by atomic mass is 9.86. The number of imide groups is 1. The van der Waals surface area contributed by atoms with Crippen molar-refractivity contribution in [1.29, 1.82) is 0 Å². The van der Waals surface area contributed by atoms with Gasteiger partial charge in [-0.25, -0.2) is 4.79 Å². The number of ether oxygens (including phenoxy) is 1. The van der Waals surface area contributed by atoms with Crippen molar-refractivity contribution in [2.45, 2.75) is 50.7 Å². The second kappa shape index (κ2) is 10.2. The molecule has 9 nitrogen and oxygen atoms in total. The van der Waals surface area contributed by atoms with Gasteiger partial charge in [0.1, 0.15) is 11.4 Å². The van der Waals surface area contributed by atoms with E-state index >= 15 is 0 Å². The van der Waals surface area contributed by atoms with Crippen molar-refractivity contribution in [2.75, 3.05) is 12.4 Å². The topological polar surface area (TPSA) is 111 Å². The van der Waals surface area contributed by atoms with Crippen LogP contribution in [0.25, 0.3) is 5.69 Å². The first-order chi connectivity index (χ1) is 14.1. The van der Waals surface area contributed by atoms with Crippen LogP contribution in [0.2, 0.25) is 0 Å². The Labute approximate surface area is 174 Å². The molecule has 2 N–H and O–H groups in total. The molecule has 29 heavy (non-hydrogen) atoms. The molecule has 10 heteroatoms. The Hall–Kier alpha value is -2.62. The lowest BCUT2D eigenvalue weighted by Gasteiger charge is -2.29. The van der Waals surface area contributed by atoms with Crippen molar-refractivity contribution in [2.24, 2.45) is 5.92 Å². The van der Waals surface area contributed by atoms with Crippen LogP contribution in [-0.4, -0.2) is 50.5 Å². The fourth-order valence-electron chi connectivity index (χ4n) is 3.36. The van der Waals surface area contributed by atoms with Gasteiger partial charge in [-0.05, 0) is 48.2 Å². The fourth-order valence-corrected chi connectivity index (χ4v) is 4.04. The second-order valence-electron chi connectivity index (χ2n) is 6.95. The second-order valence-corrected chi connectivity index (χ2v) is 7.90. The third kappa shape index (κ3) is 5.69. The Bertz CT molecular complexity index is 843. The van der Waals surface area contributed by atoms with E-state index in [0.29, 0.717) is 29.1 Å². The molecule has 2 aromatic rings. The highest BCUT2D eigenvalue weighted by Crippen LogP contribution is 2.26. The van der Waals surface area contributed by atoms with Crippen molar-refractivity contribution >= 4 is 23.7 Å². The molecule has 1 fully saturated rings. The average Bonchev–Trinajstić information content (AvgIpc) is 3.17. The number of urea groups is 1. The highest BCUT2D eigenvalue weighted by atomic mass is 32.2. The van der Waals surface area contributed by atoms with Crippen molar-refractivity contribution < 1.29 is 14.3 Å². The quantitative estimate of drug-likeness (QED) is 0.665. The summed E-state index contributed by atoms with van der Waals surface area (Å²) in [6.45, 7) is 4.54. The molecule has 0 radical (unpaired) electrons. The number of amides is 3. The number of nitrogens with zero attached hydrogens (tertiary/aromatic N) is 4. The summed E-state index contributed by atoms with van der Waals surface area (Å²) in [6, 6.07) is 7.06. The monoisotopic (exact) mass is 418 g/mol. The Morgan fingerprint density at radius 3 is 2.86 bits per heavy atom. The van der Waals surface area contributed by atoms with Crippen LogP contribution in [0.4, 0.5) is 4.79 Å². The molecule has 0 unspecified atom stereocenters. The van der Waals surface area contributed by atoms with Crippen molar-refractivity contribution in [3.05, 3.63) is 24.3 Å². The predicted octanol–water partition coefficient (Wildman–Crippen LogP) is 2.56. The number of nitrogens with one attached hydrogen (secondary N) is 2. The van der Waals surface area contributed by atoms with E-state index in [1.54, 1.807) is 0 Å². The van der Waals surface area contributed by atoms with Crippen LogP contribution in [0.3, 0.4) is 0 Å². The molecule has 3 rings (SSSR count). The van der Waals surface area contributed by atoms with Crippen molar-refractivity contribution in [3.63, 3.8) is 0 Å². The Morgan fingerprint density at radius 2 is 2.07 bits per heavy atom. The summed E-state index contributed by atoms with van der Waals surface area (Å²) in [5.74, 6) is 0.692. The van der Waals surface area contributed by atoms with Gasteiger partial charge in [0, 0.05) is 6.04 Å². The number of tetrazole rings is 1. The number of hydrogen-bond acceptors (Lipinski definition) is 7. The van der Waals surface area contributed by atoms with Gasteiger partial charge in [-0.3, -0.25) is 10.1 Å². The fraction of sp³-hybridized carbons (Fsp3) is 0.526. The summed E-state index contributed by atoms with van der Waals surface area (Å²) in [4.78, 5) is 24.3. The van der Waals surface area contributed by atoms with Gasteiger partial charge >= 0.3 is 6.03 Å².